The Bertz CT molecular complexity index is 106. The van der Waals surface area contributed by atoms with Gasteiger partial charge < -0.3 is 22.9 Å². The number of hydrogen-bond donors (Lipinski definition) is 5. The van der Waals surface area contributed by atoms with E-state index in [0.29, 0.717) is 12.8 Å². The maximum Gasteiger partial charge on any atom is 0.120 e. The molecule has 0 aliphatic heterocycles. The molecule has 0 bridgehead atoms. The Morgan fingerprint density at radius 2 is 1.18 bits per heavy atom. The van der Waals surface area contributed by atoms with Crippen LogP contribution in [0.1, 0.15) is 26.7 Å². The van der Waals surface area contributed by atoms with Crippen molar-refractivity contribution in [1.82, 2.24) is 5.32 Å². The Hall–Kier alpha value is -0.200. The highest BCUT2D eigenvalue weighted by molar-refractivity contribution is 4.81. The van der Waals surface area contributed by atoms with Gasteiger partial charge in [0.15, 0.2) is 0 Å². The highest BCUT2D eigenvalue weighted by atomic mass is 15.3. The first-order chi connectivity index (χ1) is 4.83. The van der Waals surface area contributed by atoms with Crippen LogP contribution in [0.25, 0.3) is 0 Å². The third-order valence-corrected chi connectivity index (χ3v) is 1.64. The minimum atomic E-state index is -0.973. The molecule has 0 aliphatic carbocycles. The molecule has 0 unspecified atom stereocenters. The molecule has 0 saturated carbocycles. The van der Waals surface area contributed by atoms with Crippen molar-refractivity contribution in [3.05, 3.63) is 0 Å². The first-order valence-electron chi connectivity index (χ1n) is 3.78. The maximum atomic E-state index is 5.58. The summed E-state index contributed by atoms with van der Waals surface area (Å²) in [7, 11) is 0. The summed E-state index contributed by atoms with van der Waals surface area (Å²) in [6.45, 7) is 3.72. The Kier molecular flexibility index (Phi) is 3.40. The smallest absolute Gasteiger partial charge is 0.120 e. The highest BCUT2D eigenvalue weighted by Crippen LogP contribution is 1.99. The van der Waals surface area contributed by atoms with Crippen molar-refractivity contribution >= 4 is 0 Å². The van der Waals surface area contributed by atoms with Gasteiger partial charge in [0, 0.05) is 0 Å². The second-order valence-corrected chi connectivity index (χ2v) is 2.91. The average molecular weight is 161 g/mol. The van der Waals surface area contributed by atoms with Crippen LogP contribution in [0.5, 0.6) is 0 Å². The molecule has 11 heavy (non-hydrogen) atoms. The first kappa shape index (κ1) is 10.8. The summed E-state index contributed by atoms with van der Waals surface area (Å²) in [6, 6.07) is 0. The fourth-order valence-electron chi connectivity index (χ4n) is 0.610. The zero-order valence-electron chi connectivity index (χ0n) is 7.22. The SMILES string of the molecule is CCC(N)(N)NC(N)(N)CC. The van der Waals surface area contributed by atoms with Gasteiger partial charge in [0.25, 0.3) is 0 Å². The summed E-state index contributed by atoms with van der Waals surface area (Å²) >= 11 is 0. The quantitative estimate of drug-likeness (QED) is 0.323. The standard InChI is InChI=1S/C6H19N5/c1-3-5(7,8)11-6(9,10)4-2/h11H,3-4,7-10H2,1-2H3. The molecule has 0 spiro atoms. The predicted molar refractivity (Wildman–Crippen MR) is 45.9 cm³/mol. The van der Waals surface area contributed by atoms with E-state index in [0.717, 1.165) is 0 Å². The summed E-state index contributed by atoms with van der Waals surface area (Å²) < 4.78 is 0. The van der Waals surface area contributed by atoms with E-state index in [9.17, 15) is 0 Å². The second-order valence-electron chi connectivity index (χ2n) is 2.91. The van der Waals surface area contributed by atoms with E-state index < -0.39 is 11.6 Å². The molecule has 0 rings (SSSR count). The van der Waals surface area contributed by atoms with Crippen molar-refractivity contribution < 1.29 is 0 Å². The fourth-order valence-corrected chi connectivity index (χ4v) is 0.610. The van der Waals surface area contributed by atoms with Crippen molar-refractivity contribution in [2.24, 2.45) is 22.9 Å². The van der Waals surface area contributed by atoms with Crippen LogP contribution in [-0.2, 0) is 0 Å². The monoisotopic (exact) mass is 161 g/mol. The lowest BCUT2D eigenvalue weighted by atomic mass is 10.2. The van der Waals surface area contributed by atoms with Gasteiger partial charge in [0.2, 0.25) is 0 Å². The molecule has 5 heteroatoms. The van der Waals surface area contributed by atoms with E-state index in [-0.39, 0.29) is 0 Å². The van der Waals surface area contributed by atoms with Crippen molar-refractivity contribution in [2.75, 3.05) is 0 Å². The van der Waals surface area contributed by atoms with E-state index in [2.05, 4.69) is 5.32 Å². The topological polar surface area (TPSA) is 116 Å². The lowest BCUT2D eigenvalue weighted by molar-refractivity contribution is 0.207. The van der Waals surface area contributed by atoms with Crippen LogP contribution in [0, 0.1) is 0 Å². The second kappa shape index (κ2) is 3.46. The Balaban J connectivity index is 4.02. The summed E-state index contributed by atoms with van der Waals surface area (Å²) in [5.74, 6) is -1.95. The molecule has 0 atom stereocenters. The summed E-state index contributed by atoms with van der Waals surface area (Å²) in [6.07, 6.45) is 1.15. The lowest BCUT2D eigenvalue weighted by Gasteiger charge is -2.34. The number of nitrogens with one attached hydrogen (secondary N) is 1. The van der Waals surface area contributed by atoms with Crippen LogP contribution in [0.4, 0.5) is 0 Å². The van der Waals surface area contributed by atoms with Crippen LogP contribution in [-0.4, -0.2) is 11.6 Å². The van der Waals surface area contributed by atoms with Gasteiger partial charge in [0.1, 0.15) is 11.6 Å². The highest BCUT2D eigenvalue weighted by Gasteiger charge is 2.26. The number of rotatable bonds is 4. The fraction of sp³-hybridized carbons (Fsp3) is 1.00. The molecule has 0 fully saturated rings. The van der Waals surface area contributed by atoms with Gasteiger partial charge in [-0.25, -0.2) is 0 Å². The predicted octanol–water partition coefficient (Wildman–Crippen LogP) is -1.46. The van der Waals surface area contributed by atoms with E-state index in [1.165, 1.54) is 0 Å². The van der Waals surface area contributed by atoms with Crippen LogP contribution in [0.15, 0.2) is 0 Å². The molecule has 9 N–H and O–H groups in total. The zero-order chi connectivity index (χ0) is 9.12. The van der Waals surface area contributed by atoms with Crippen molar-refractivity contribution in [2.45, 2.75) is 38.3 Å². The van der Waals surface area contributed by atoms with Gasteiger partial charge in [-0.3, -0.25) is 5.32 Å². The molecule has 0 heterocycles. The molecule has 0 amide bonds. The van der Waals surface area contributed by atoms with Gasteiger partial charge >= 0.3 is 0 Å². The van der Waals surface area contributed by atoms with Gasteiger partial charge in [-0.15, -0.1) is 0 Å². The van der Waals surface area contributed by atoms with Crippen molar-refractivity contribution in [1.29, 1.82) is 0 Å². The van der Waals surface area contributed by atoms with Crippen molar-refractivity contribution in [3.63, 3.8) is 0 Å². The lowest BCUT2D eigenvalue weighted by Crippen LogP contribution is -2.74. The Morgan fingerprint density at radius 3 is 1.36 bits per heavy atom. The zero-order valence-corrected chi connectivity index (χ0v) is 7.22. The largest absolute Gasteiger partial charge is 0.301 e. The molecule has 0 radical (unpaired) electrons. The van der Waals surface area contributed by atoms with E-state index >= 15 is 0 Å². The number of nitrogens with two attached hydrogens (primary N) is 4. The third kappa shape index (κ3) is 4.28. The van der Waals surface area contributed by atoms with E-state index in [4.69, 9.17) is 22.9 Å². The molecule has 5 nitrogen and oxygen atoms in total. The van der Waals surface area contributed by atoms with Crippen LogP contribution < -0.4 is 28.3 Å². The maximum absolute atomic E-state index is 5.58. The van der Waals surface area contributed by atoms with Crippen LogP contribution >= 0.6 is 0 Å². The molecular weight excluding hydrogens is 142 g/mol. The van der Waals surface area contributed by atoms with Gasteiger partial charge in [-0.1, -0.05) is 13.8 Å². The molecule has 0 aromatic carbocycles. The normalized spacial score (nSPS) is 13.6. The van der Waals surface area contributed by atoms with Gasteiger partial charge in [0.05, 0.1) is 0 Å². The summed E-state index contributed by atoms with van der Waals surface area (Å²) in [4.78, 5) is 0. The average Bonchev–Trinajstić information content (AvgIpc) is 1.86. The summed E-state index contributed by atoms with van der Waals surface area (Å²) in [5, 5.41) is 2.74. The van der Waals surface area contributed by atoms with E-state index in [1.54, 1.807) is 0 Å². The molecular formula is C6H19N5. The Labute approximate surface area is 67.5 Å². The van der Waals surface area contributed by atoms with Crippen LogP contribution in [0.3, 0.4) is 0 Å². The van der Waals surface area contributed by atoms with Crippen LogP contribution in [0.2, 0.25) is 0 Å². The molecule has 0 aromatic rings. The minimum absolute atomic E-state index is 0.573. The van der Waals surface area contributed by atoms with Gasteiger partial charge in [-0.05, 0) is 12.8 Å². The first-order valence-corrected chi connectivity index (χ1v) is 3.78. The van der Waals surface area contributed by atoms with Gasteiger partial charge in [-0.2, -0.15) is 0 Å². The Morgan fingerprint density at radius 1 is 0.909 bits per heavy atom. The number of hydrogen-bond acceptors (Lipinski definition) is 5. The molecule has 68 valence electrons. The molecule has 0 aromatic heterocycles. The third-order valence-electron chi connectivity index (χ3n) is 1.64. The molecule has 0 saturated heterocycles. The summed E-state index contributed by atoms with van der Waals surface area (Å²) in [5.41, 5.74) is 22.3. The van der Waals surface area contributed by atoms with E-state index in [1.807, 2.05) is 13.8 Å². The molecule has 0 aliphatic rings. The minimum Gasteiger partial charge on any atom is -0.301 e. The van der Waals surface area contributed by atoms with Crippen molar-refractivity contribution in [3.8, 4) is 0 Å².